The highest BCUT2D eigenvalue weighted by Gasteiger charge is 2.49. The zero-order valence-electron chi connectivity index (χ0n) is 14.1. The van der Waals surface area contributed by atoms with Crippen molar-refractivity contribution in [3.63, 3.8) is 0 Å². The van der Waals surface area contributed by atoms with Crippen LogP contribution in [0.1, 0.15) is 40.0 Å². The van der Waals surface area contributed by atoms with Gasteiger partial charge in [-0.05, 0) is 67.8 Å². The summed E-state index contributed by atoms with van der Waals surface area (Å²) in [6.45, 7) is 0. The molecule has 3 unspecified atom stereocenters. The predicted molar refractivity (Wildman–Crippen MR) is 93.7 cm³/mol. The van der Waals surface area contributed by atoms with E-state index in [-0.39, 0.29) is 35.8 Å². The average Bonchev–Trinajstić information content (AvgIpc) is 2.64. The minimum atomic E-state index is -1.43. The van der Waals surface area contributed by atoms with Gasteiger partial charge in [-0.1, -0.05) is 0 Å². The lowest BCUT2D eigenvalue weighted by Gasteiger charge is -2.41. The van der Waals surface area contributed by atoms with Gasteiger partial charge in [0.25, 0.3) is 0 Å². The van der Waals surface area contributed by atoms with Crippen LogP contribution in [0.2, 0.25) is 0 Å². The van der Waals surface area contributed by atoms with Gasteiger partial charge in [0, 0.05) is 23.1 Å². The molecule has 1 saturated carbocycles. The second-order valence-corrected chi connectivity index (χ2v) is 6.83. The summed E-state index contributed by atoms with van der Waals surface area (Å²) >= 11 is 0. The summed E-state index contributed by atoms with van der Waals surface area (Å²) in [5, 5.41) is 0. The topological polar surface area (TPSA) is 86.2 Å². The minimum Gasteiger partial charge on any atom is -0.328 e. The van der Waals surface area contributed by atoms with Crippen molar-refractivity contribution in [1.29, 1.82) is 0 Å². The maximum atomic E-state index is 13.2. The molecule has 0 aliphatic heterocycles. The fraction of sp³-hybridized carbons (Fsp3) is 0.300. The lowest BCUT2D eigenvalue weighted by molar-refractivity contribution is 0.0636. The smallest absolute Gasteiger partial charge is 0.183 e. The second-order valence-electron chi connectivity index (χ2n) is 6.83. The summed E-state index contributed by atoms with van der Waals surface area (Å²) in [5.74, 6) is -2.49. The van der Waals surface area contributed by atoms with Gasteiger partial charge in [-0.2, -0.15) is 0 Å². The largest absolute Gasteiger partial charge is 0.328 e. The molecule has 1 aliphatic rings. The third kappa shape index (κ3) is 3.43. The van der Waals surface area contributed by atoms with E-state index in [0.717, 1.165) is 0 Å². The highest BCUT2D eigenvalue weighted by atomic mass is 19.1. The zero-order chi connectivity index (χ0) is 18.9. The Morgan fingerprint density at radius 3 is 1.96 bits per heavy atom. The van der Waals surface area contributed by atoms with Crippen molar-refractivity contribution < 1.29 is 18.4 Å². The Morgan fingerprint density at radius 2 is 1.42 bits per heavy atom. The first-order valence-electron chi connectivity index (χ1n) is 8.46. The molecule has 136 valence electrons. The SMILES string of the molecule is NC1CCC(N)(C(=O)c2ccc(F)cc2)C(C(=O)c2ccc(F)cc2)C1. The monoisotopic (exact) mass is 358 g/mol. The summed E-state index contributed by atoms with van der Waals surface area (Å²) in [6.07, 6.45) is 1.03. The van der Waals surface area contributed by atoms with E-state index in [1.807, 2.05) is 0 Å². The number of carbonyl (C=O) groups excluding carboxylic acids is 2. The van der Waals surface area contributed by atoms with Crippen LogP contribution in [0.15, 0.2) is 48.5 Å². The molecular weight excluding hydrogens is 338 g/mol. The van der Waals surface area contributed by atoms with Crippen molar-refractivity contribution >= 4 is 11.6 Å². The molecule has 1 aliphatic carbocycles. The van der Waals surface area contributed by atoms with Crippen molar-refractivity contribution in [2.75, 3.05) is 0 Å². The van der Waals surface area contributed by atoms with Crippen LogP contribution in [-0.4, -0.2) is 23.1 Å². The lowest BCUT2D eigenvalue weighted by atomic mass is 9.65. The zero-order valence-corrected chi connectivity index (χ0v) is 14.1. The van der Waals surface area contributed by atoms with Crippen LogP contribution in [0.3, 0.4) is 0 Å². The summed E-state index contributed by atoms with van der Waals surface area (Å²) in [5.41, 5.74) is 11.6. The van der Waals surface area contributed by atoms with E-state index in [0.29, 0.717) is 6.42 Å². The molecule has 2 aromatic rings. The highest BCUT2D eigenvalue weighted by Crippen LogP contribution is 2.36. The molecule has 2 aromatic carbocycles. The molecule has 1 fully saturated rings. The molecule has 0 aromatic heterocycles. The number of hydrogen-bond acceptors (Lipinski definition) is 4. The van der Waals surface area contributed by atoms with Crippen molar-refractivity contribution in [3.05, 3.63) is 71.3 Å². The fourth-order valence-electron chi connectivity index (χ4n) is 3.53. The number of Topliss-reactive ketones (excluding diaryl/α,β-unsaturated/α-hetero) is 2. The number of nitrogens with two attached hydrogens (primary N) is 2. The molecule has 0 heterocycles. The molecule has 0 bridgehead atoms. The number of halogens is 2. The highest BCUT2D eigenvalue weighted by molar-refractivity contribution is 6.09. The average molecular weight is 358 g/mol. The summed E-state index contributed by atoms with van der Waals surface area (Å²) in [6, 6.07) is 9.97. The first-order chi connectivity index (χ1) is 12.3. The fourth-order valence-corrected chi connectivity index (χ4v) is 3.53. The van der Waals surface area contributed by atoms with Gasteiger partial charge in [-0.25, -0.2) is 8.78 Å². The van der Waals surface area contributed by atoms with Crippen molar-refractivity contribution in [1.82, 2.24) is 0 Å². The Labute approximate surface area is 150 Å². The van der Waals surface area contributed by atoms with Gasteiger partial charge in [0.1, 0.15) is 11.6 Å². The molecule has 0 saturated heterocycles. The van der Waals surface area contributed by atoms with Crippen LogP contribution in [0, 0.1) is 17.6 Å². The van der Waals surface area contributed by atoms with Crippen LogP contribution in [0.25, 0.3) is 0 Å². The van der Waals surface area contributed by atoms with Gasteiger partial charge in [0.15, 0.2) is 11.6 Å². The molecule has 4 nitrogen and oxygen atoms in total. The Hall–Kier alpha value is -2.44. The van der Waals surface area contributed by atoms with Crippen molar-refractivity contribution in [2.45, 2.75) is 30.8 Å². The van der Waals surface area contributed by atoms with E-state index in [1.165, 1.54) is 48.5 Å². The molecule has 4 N–H and O–H groups in total. The lowest BCUT2D eigenvalue weighted by Crippen LogP contribution is -2.60. The van der Waals surface area contributed by atoms with Crippen LogP contribution in [0.4, 0.5) is 8.78 Å². The van der Waals surface area contributed by atoms with Gasteiger partial charge >= 0.3 is 0 Å². The number of carbonyl (C=O) groups is 2. The number of benzene rings is 2. The third-order valence-corrected chi connectivity index (χ3v) is 5.06. The number of ketones is 2. The molecular formula is C20H20F2N2O2. The number of hydrogen-bond donors (Lipinski definition) is 2. The third-order valence-electron chi connectivity index (χ3n) is 5.06. The Balaban J connectivity index is 1.96. The van der Waals surface area contributed by atoms with Crippen LogP contribution >= 0.6 is 0 Å². The summed E-state index contributed by atoms with van der Waals surface area (Å²) in [4.78, 5) is 26.0. The predicted octanol–water partition coefficient (Wildman–Crippen LogP) is 2.86. The summed E-state index contributed by atoms with van der Waals surface area (Å²) in [7, 11) is 0. The maximum Gasteiger partial charge on any atom is 0.183 e. The van der Waals surface area contributed by atoms with Gasteiger partial charge in [-0.15, -0.1) is 0 Å². The quantitative estimate of drug-likeness (QED) is 0.823. The normalized spacial score (nSPS) is 25.7. The number of rotatable bonds is 4. The van der Waals surface area contributed by atoms with E-state index in [9.17, 15) is 18.4 Å². The molecule has 0 amide bonds. The van der Waals surface area contributed by atoms with Crippen LogP contribution in [0.5, 0.6) is 0 Å². The molecule has 3 atom stereocenters. The van der Waals surface area contributed by atoms with Crippen LogP contribution in [-0.2, 0) is 0 Å². The van der Waals surface area contributed by atoms with Gasteiger partial charge in [0.2, 0.25) is 0 Å². The van der Waals surface area contributed by atoms with Crippen molar-refractivity contribution in [3.8, 4) is 0 Å². The Bertz CT molecular complexity index is 821. The van der Waals surface area contributed by atoms with E-state index in [2.05, 4.69) is 0 Å². The van der Waals surface area contributed by atoms with E-state index in [1.54, 1.807) is 0 Å². The minimum absolute atomic E-state index is 0.248. The van der Waals surface area contributed by atoms with Gasteiger partial charge in [0.05, 0.1) is 5.54 Å². The van der Waals surface area contributed by atoms with Crippen molar-refractivity contribution in [2.24, 2.45) is 17.4 Å². The van der Waals surface area contributed by atoms with Gasteiger partial charge < -0.3 is 11.5 Å². The van der Waals surface area contributed by atoms with E-state index in [4.69, 9.17) is 11.5 Å². The van der Waals surface area contributed by atoms with E-state index >= 15 is 0 Å². The second kappa shape index (κ2) is 7.05. The molecule has 0 radical (unpaired) electrons. The van der Waals surface area contributed by atoms with Gasteiger partial charge in [-0.3, -0.25) is 9.59 Å². The molecule has 3 rings (SSSR count). The summed E-state index contributed by atoms with van der Waals surface area (Å²) < 4.78 is 26.3. The van der Waals surface area contributed by atoms with E-state index < -0.39 is 28.9 Å². The standard InChI is InChI=1S/C20H20F2N2O2/c21-14-5-1-12(2-6-14)18(25)17-11-16(23)9-10-20(17,24)19(26)13-3-7-15(22)8-4-13/h1-8,16-17H,9-11,23-24H2. The maximum absolute atomic E-state index is 13.2. The van der Waals surface area contributed by atoms with Crippen LogP contribution < -0.4 is 11.5 Å². The Morgan fingerprint density at radius 1 is 0.923 bits per heavy atom. The first kappa shape index (κ1) is 18.4. The first-order valence-corrected chi connectivity index (χ1v) is 8.46. The molecule has 26 heavy (non-hydrogen) atoms. The Kier molecular flexibility index (Phi) is 4.98. The molecule has 6 heteroatoms. The molecule has 0 spiro atoms.